The highest BCUT2D eigenvalue weighted by Gasteiger charge is 2.29. The Bertz CT molecular complexity index is 1200. The first-order valence-electron chi connectivity index (χ1n) is 16.1. The molecular formula is C38H58FN3. The molecule has 0 saturated carbocycles. The lowest BCUT2D eigenvalue weighted by Gasteiger charge is -2.33. The molecule has 1 aliphatic heterocycles. The number of halogens is 1. The largest absolute Gasteiger partial charge is 0.370 e. The van der Waals surface area contributed by atoms with E-state index in [2.05, 4.69) is 101 Å². The molecule has 1 aromatic carbocycles. The molecule has 1 atom stereocenters. The van der Waals surface area contributed by atoms with Crippen LogP contribution < -0.4 is 5.32 Å². The van der Waals surface area contributed by atoms with Gasteiger partial charge in [-0.25, -0.2) is 9.37 Å². The fourth-order valence-electron chi connectivity index (χ4n) is 6.06. The topological polar surface area (TPSA) is 28.2 Å². The zero-order valence-electron chi connectivity index (χ0n) is 28.0. The molecule has 1 aliphatic rings. The molecule has 3 nitrogen and oxygen atoms in total. The van der Waals surface area contributed by atoms with Crippen molar-refractivity contribution in [3.05, 3.63) is 83.2 Å². The minimum atomic E-state index is -1.28. The number of benzene rings is 1. The van der Waals surface area contributed by atoms with Crippen LogP contribution in [0.15, 0.2) is 60.8 Å². The van der Waals surface area contributed by atoms with Crippen molar-refractivity contribution in [1.82, 2.24) is 9.88 Å². The maximum Gasteiger partial charge on any atom is 0.126 e. The number of alkyl halides is 1. The number of aromatic nitrogens is 1. The molecule has 2 aromatic rings. The van der Waals surface area contributed by atoms with Crippen LogP contribution in [0.5, 0.6) is 0 Å². The van der Waals surface area contributed by atoms with E-state index in [1.54, 1.807) is 13.8 Å². The van der Waals surface area contributed by atoms with Crippen LogP contribution in [0.4, 0.5) is 10.2 Å². The number of pyridine rings is 1. The number of aryl methyl sites for hydroxylation is 2. The Morgan fingerprint density at radius 2 is 1.74 bits per heavy atom. The molecule has 42 heavy (non-hydrogen) atoms. The quantitative estimate of drug-likeness (QED) is 0.227. The van der Waals surface area contributed by atoms with Crippen molar-refractivity contribution < 1.29 is 4.39 Å². The minimum absolute atomic E-state index is 0.237. The van der Waals surface area contributed by atoms with Gasteiger partial charge in [0.15, 0.2) is 0 Å². The summed E-state index contributed by atoms with van der Waals surface area (Å²) in [5.74, 6) is 1.24. The van der Waals surface area contributed by atoms with Gasteiger partial charge >= 0.3 is 0 Å². The number of hydrogen-bond donors (Lipinski definition) is 1. The summed E-state index contributed by atoms with van der Waals surface area (Å²) in [4.78, 5) is 7.09. The molecule has 1 N–H and O–H groups in total. The van der Waals surface area contributed by atoms with E-state index in [-0.39, 0.29) is 11.3 Å². The Kier molecular flexibility index (Phi) is 11.5. The lowest BCUT2D eigenvalue weighted by molar-refractivity contribution is 0.137. The normalized spacial score (nSPS) is 16.3. The Balaban J connectivity index is 1.59. The zero-order chi connectivity index (χ0) is 31.1. The zero-order valence-corrected chi connectivity index (χ0v) is 28.0. The molecule has 0 fully saturated rings. The lowest BCUT2D eigenvalue weighted by Crippen LogP contribution is -2.36. The molecule has 0 radical (unpaired) electrons. The monoisotopic (exact) mass is 575 g/mol. The molecule has 0 saturated heterocycles. The summed E-state index contributed by atoms with van der Waals surface area (Å²) in [6.07, 6.45) is 8.53. The second-order valence-corrected chi connectivity index (χ2v) is 15.5. The van der Waals surface area contributed by atoms with Gasteiger partial charge in [-0.15, -0.1) is 6.58 Å². The first-order chi connectivity index (χ1) is 19.5. The summed E-state index contributed by atoms with van der Waals surface area (Å²) in [5.41, 5.74) is 6.66. The van der Waals surface area contributed by atoms with Crippen LogP contribution in [0.3, 0.4) is 0 Å². The SMILES string of the molecule is C=C(C)C[C@@H]1Cc2ccc(CCCc3cccc(NCC(C)(C)CCCC(C)(C)C)n3)cc2CN(CC(C)(C)F)C1=C. The highest BCUT2D eigenvalue weighted by Crippen LogP contribution is 2.34. The highest BCUT2D eigenvalue weighted by atomic mass is 19.1. The molecule has 2 heterocycles. The Hall–Kier alpha value is -2.62. The van der Waals surface area contributed by atoms with Gasteiger partial charge in [-0.3, -0.25) is 0 Å². The fraction of sp³-hybridized carbons (Fsp3) is 0.605. The Labute approximate surface area is 257 Å². The maximum atomic E-state index is 14.8. The molecule has 4 heteroatoms. The second-order valence-electron chi connectivity index (χ2n) is 15.5. The van der Waals surface area contributed by atoms with Crippen molar-refractivity contribution in [2.24, 2.45) is 16.7 Å². The second kappa shape index (κ2) is 14.2. The summed E-state index contributed by atoms with van der Waals surface area (Å²) in [6.45, 7) is 27.6. The van der Waals surface area contributed by atoms with Crippen molar-refractivity contribution in [2.45, 2.75) is 119 Å². The standard InChI is InChI=1S/C38H58FN3/c1-28(2)22-32-24-31-19-18-30(23-33(31)25-42(29(32)3)27-38(9,10)39)14-11-15-34-16-12-17-35(41-34)40-26-37(7,8)21-13-20-36(4,5)6/h12,16-19,23,32H,1,3,11,13-15,20-22,24-27H2,2,4-10H3,(H,40,41)/t32-/m1/s1. The van der Waals surface area contributed by atoms with Gasteiger partial charge in [0.05, 0.1) is 6.54 Å². The third-order valence-corrected chi connectivity index (χ3v) is 8.37. The molecule has 1 aromatic heterocycles. The van der Waals surface area contributed by atoms with Crippen LogP contribution in [0, 0.1) is 16.7 Å². The van der Waals surface area contributed by atoms with Gasteiger partial charge in [0.1, 0.15) is 11.5 Å². The summed E-state index contributed by atoms with van der Waals surface area (Å²) in [7, 11) is 0. The van der Waals surface area contributed by atoms with Crippen molar-refractivity contribution in [3.8, 4) is 0 Å². The van der Waals surface area contributed by atoms with Gasteiger partial charge in [-0.05, 0) is 105 Å². The molecule has 0 bridgehead atoms. The van der Waals surface area contributed by atoms with E-state index in [9.17, 15) is 4.39 Å². The number of nitrogens with one attached hydrogen (secondary N) is 1. The number of anilines is 1. The Morgan fingerprint density at radius 3 is 2.40 bits per heavy atom. The molecule has 0 aliphatic carbocycles. The van der Waals surface area contributed by atoms with Crippen LogP contribution in [0.25, 0.3) is 0 Å². The van der Waals surface area contributed by atoms with Crippen LogP contribution in [0.1, 0.15) is 110 Å². The van der Waals surface area contributed by atoms with Crippen molar-refractivity contribution in [1.29, 1.82) is 0 Å². The molecule has 0 spiro atoms. The summed E-state index contributed by atoms with van der Waals surface area (Å²) in [5, 5.41) is 3.61. The molecule has 0 amide bonds. The third-order valence-electron chi connectivity index (χ3n) is 8.37. The van der Waals surface area contributed by atoms with E-state index in [1.165, 1.54) is 36.0 Å². The lowest BCUT2D eigenvalue weighted by atomic mass is 9.82. The molecule has 0 unspecified atom stereocenters. The van der Waals surface area contributed by atoms with Gasteiger partial charge in [0.2, 0.25) is 0 Å². The van der Waals surface area contributed by atoms with E-state index in [1.807, 2.05) is 0 Å². The van der Waals surface area contributed by atoms with Crippen molar-refractivity contribution in [2.75, 3.05) is 18.4 Å². The minimum Gasteiger partial charge on any atom is -0.370 e. The van der Waals surface area contributed by atoms with E-state index in [4.69, 9.17) is 4.98 Å². The Morgan fingerprint density at radius 1 is 1.00 bits per heavy atom. The maximum absolute atomic E-state index is 14.8. The number of fused-ring (bicyclic) bond motifs is 1. The van der Waals surface area contributed by atoms with Gasteiger partial charge < -0.3 is 10.2 Å². The van der Waals surface area contributed by atoms with Crippen molar-refractivity contribution in [3.63, 3.8) is 0 Å². The van der Waals surface area contributed by atoms with Crippen molar-refractivity contribution >= 4 is 5.82 Å². The predicted octanol–water partition coefficient (Wildman–Crippen LogP) is 10.1. The number of hydrogen-bond acceptors (Lipinski definition) is 3. The van der Waals surface area contributed by atoms with Gasteiger partial charge in [0, 0.05) is 30.4 Å². The highest BCUT2D eigenvalue weighted by molar-refractivity contribution is 5.37. The van der Waals surface area contributed by atoms with Crippen LogP contribution in [-0.2, 0) is 25.8 Å². The summed E-state index contributed by atoms with van der Waals surface area (Å²) >= 11 is 0. The number of rotatable bonds is 14. The third kappa shape index (κ3) is 11.6. The smallest absolute Gasteiger partial charge is 0.126 e. The van der Waals surface area contributed by atoms with Gasteiger partial charge in [-0.1, -0.05) is 77.5 Å². The average molecular weight is 576 g/mol. The van der Waals surface area contributed by atoms with Gasteiger partial charge in [0.25, 0.3) is 0 Å². The summed E-state index contributed by atoms with van der Waals surface area (Å²) < 4.78 is 14.8. The molecule has 232 valence electrons. The fourth-order valence-corrected chi connectivity index (χ4v) is 6.06. The van der Waals surface area contributed by atoms with Crippen LogP contribution >= 0.6 is 0 Å². The van der Waals surface area contributed by atoms with Crippen LogP contribution in [-0.4, -0.2) is 28.6 Å². The van der Waals surface area contributed by atoms with Crippen LogP contribution in [0.2, 0.25) is 0 Å². The molecule has 3 rings (SSSR count). The summed E-state index contributed by atoms with van der Waals surface area (Å²) in [6, 6.07) is 13.3. The number of nitrogens with zero attached hydrogens (tertiary/aromatic N) is 2. The number of allylic oxidation sites excluding steroid dienone is 2. The van der Waals surface area contributed by atoms with Gasteiger partial charge in [-0.2, -0.15) is 0 Å². The molecular weight excluding hydrogens is 517 g/mol. The van der Waals surface area contributed by atoms with E-state index < -0.39 is 5.67 Å². The predicted molar refractivity (Wildman–Crippen MR) is 180 cm³/mol. The van der Waals surface area contributed by atoms with E-state index >= 15 is 0 Å². The first kappa shape index (κ1) is 33.9. The van der Waals surface area contributed by atoms with E-state index in [0.717, 1.165) is 61.4 Å². The average Bonchev–Trinajstić information content (AvgIpc) is 2.97. The first-order valence-corrected chi connectivity index (χ1v) is 16.1. The van der Waals surface area contributed by atoms with E-state index in [0.29, 0.717) is 18.5 Å².